The van der Waals surface area contributed by atoms with Crippen LogP contribution in [0.3, 0.4) is 0 Å². The summed E-state index contributed by atoms with van der Waals surface area (Å²) >= 11 is 0. The van der Waals surface area contributed by atoms with Gasteiger partial charge in [0, 0.05) is 17.1 Å². The average Bonchev–Trinajstić information content (AvgIpc) is 2.93. The van der Waals surface area contributed by atoms with Gasteiger partial charge in [-0.3, -0.25) is 9.89 Å². The molecule has 3 aromatic rings. The van der Waals surface area contributed by atoms with E-state index in [9.17, 15) is 9.90 Å². The number of aromatic hydroxyl groups is 1. The molecular formula is C16H16N4O2. The zero-order valence-electron chi connectivity index (χ0n) is 12.3. The minimum Gasteiger partial charge on any atom is -0.507 e. The van der Waals surface area contributed by atoms with Gasteiger partial charge in [-0.1, -0.05) is 0 Å². The van der Waals surface area contributed by atoms with Crippen molar-refractivity contribution in [3.63, 3.8) is 0 Å². The van der Waals surface area contributed by atoms with E-state index in [0.29, 0.717) is 28.9 Å². The highest BCUT2D eigenvalue weighted by atomic mass is 16.3. The van der Waals surface area contributed by atoms with Crippen LogP contribution in [-0.2, 0) is 6.54 Å². The molecule has 1 amide bonds. The maximum Gasteiger partial charge on any atom is 0.251 e. The smallest absolute Gasteiger partial charge is 0.251 e. The Morgan fingerprint density at radius 3 is 2.77 bits per heavy atom. The highest BCUT2D eigenvalue weighted by Gasteiger charge is 2.11. The van der Waals surface area contributed by atoms with E-state index in [4.69, 9.17) is 0 Å². The Hall–Kier alpha value is -2.89. The van der Waals surface area contributed by atoms with Crippen molar-refractivity contribution in [2.75, 3.05) is 0 Å². The number of phenols is 1. The topological polar surface area (TPSA) is 90.9 Å². The number of hydrogen-bond donors (Lipinski definition) is 3. The number of H-pyrrole nitrogens is 1. The second kappa shape index (κ2) is 5.48. The number of aromatic nitrogens is 3. The predicted molar refractivity (Wildman–Crippen MR) is 82.6 cm³/mol. The van der Waals surface area contributed by atoms with Crippen LogP contribution < -0.4 is 5.32 Å². The summed E-state index contributed by atoms with van der Waals surface area (Å²) < 4.78 is 0. The summed E-state index contributed by atoms with van der Waals surface area (Å²) in [5.74, 6) is 0.0278. The van der Waals surface area contributed by atoms with Gasteiger partial charge in [0.05, 0.1) is 12.2 Å². The molecule has 6 heteroatoms. The van der Waals surface area contributed by atoms with E-state index in [0.717, 1.165) is 11.1 Å². The molecule has 0 spiro atoms. The van der Waals surface area contributed by atoms with Crippen LogP contribution in [0.4, 0.5) is 0 Å². The van der Waals surface area contributed by atoms with Gasteiger partial charge in [0.25, 0.3) is 5.91 Å². The fraction of sp³-hybridized carbons (Fsp3) is 0.188. The Bertz CT molecular complexity index is 831. The fourth-order valence-corrected chi connectivity index (χ4v) is 2.39. The van der Waals surface area contributed by atoms with Crippen molar-refractivity contribution in [1.82, 2.24) is 20.5 Å². The van der Waals surface area contributed by atoms with Crippen LogP contribution in [0.25, 0.3) is 11.0 Å². The molecule has 6 nitrogen and oxygen atoms in total. The lowest BCUT2D eigenvalue weighted by Gasteiger charge is -2.08. The van der Waals surface area contributed by atoms with E-state index < -0.39 is 0 Å². The van der Waals surface area contributed by atoms with Crippen LogP contribution in [0.5, 0.6) is 5.75 Å². The number of nitrogens with one attached hydrogen (secondary N) is 2. The number of amides is 1. The molecule has 3 N–H and O–H groups in total. The van der Waals surface area contributed by atoms with Gasteiger partial charge in [-0.2, -0.15) is 5.10 Å². The molecule has 0 radical (unpaired) electrons. The SMILES string of the molecule is Cc1cc(C(=O)NCc2[nH]nc3ncccc23)cc(C)c1O. The summed E-state index contributed by atoms with van der Waals surface area (Å²) in [6.07, 6.45) is 1.67. The van der Waals surface area contributed by atoms with E-state index in [1.165, 1.54) is 0 Å². The van der Waals surface area contributed by atoms with Gasteiger partial charge in [0.1, 0.15) is 5.75 Å². The number of fused-ring (bicyclic) bond motifs is 1. The molecule has 0 saturated carbocycles. The second-order valence-corrected chi connectivity index (χ2v) is 5.22. The fourth-order valence-electron chi connectivity index (χ4n) is 2.39. The number of aryl methyl sites for hydroxylation is 2. The number of carbonyl (C=O) groups excluding carboxylic acids is 1. The highest BCUT2D eigenvalue weighted by molar-refractivity contribution is 5.95. The highest BCUT2D eigenvalue weighted by Crippen LogP contribution is 2.23. The van der Waals surface area contributed by atoms with Crippen LogP contribution in [-0.4, -0.2) is 26.2 Å². The second-order valence-electron chi connectivity index (χ2n) is 5.22. The van der Waals surface area contributed by atoms with Crippen LogP contribution >= 0.6 is 0 Å². The molecule has 0 aliphatic heterocycles. The molecule has 0 aliphatic carbocycles. The molecule has 2 heterocycles. The summed E-state index contributed by atoms with van der Waals surface area (Å²) in [4.78, 5) is 16.4. The average molecular weight is 296 g/mol. The van der Waals surface area contributed by atoms with Gasteiger partial charge in [-0.05, 0) is 49.2 Å². The normalized spacial score (nSPS) is 10.8. The molecule has 0 fully saturated rings. The molecule has 0 atom stereocenters. The molecule has 22 heavy (non-hydrogen) atoms. The number of rotatable bonds is 3. The molecule has 0 saturated heterocycles. The van der Waals surface area contributed by atoms with Gasteiger partial charge >= 0.3 is 0 Å². The maximum absolute atomic E-state index is 12.2. The lowest BCUT2D eigenvalue weighted by Crippen LogP contribution is -2.23. The number of nitrogens with zero attached hydrogens (tertiary/aromatic N) is 2. The predicted octanol–water partition coefficient (Wildman–Crippen LogP) is 2.21. The summed E-state index contributed by atoms with van der Waals surface area (Å²) in [5.41, 5.74) is 3.32. The summed E-state index contributed by atoms with van der Waals surface area (Å²) in [6, 6.07) is 7.08. The van der Waals surface area contributed by atoms with Gasteiger partial charge in [0.2, 0.25) is 0 Å². The van der Waals surface area contributed by atoms with Crippen molar-refractivity contribution in [2.45, 2.75) is 20.4 Å². The van der Waals surface area contributed by atoms with E-state index in [1.54, 1.807) is 32.2 Å². The molecule has 112 valence electrons. The number of carbonyl (C=O) groups is 1. The van der Waals surface area contributed by atoms with Crippen LogP contribution in [0.15, 0.2) is 30.5 Å². The first-order valence-corrected chi connectivity index (χ1v) is 6.92. The molecule has 0 unspecified atom stereocenters. The Kier molecular flexibility index (Phi) is 3.50. The summed E-state index contributed by atoms with van der Waals surface area (Å²) in [5, 5.41) is 20.5. The van der Waals surface area contributed by atoms with E-state index in [1.807, 2.05) is 12.1 Å². The molecular weight excluding hydrogens is 280 g/mol. The number of pyridine rings is 1. The summed E-state index contributed by atoms with van der Waals surface area (Å²) in [7, 11) is 0. The first-order valence-electron chi connectivity index (χ1n) is 6.92. The van der Waals surface area contributed by atoms with Gasteiger partial charge in [-0.15, -0.1) is 0 Å². The minimum atomic E-state index is -0.196. The quantitative estimate of drug-likeness (QED) is 0.691. The van der Waals surface area contributed by atoms with Gasteiger partial charge in [-0.25, -0.2) is 4.98 Å². The Morgan fingerprint density at radius 2 is 2.05 bits per heavy atom. The van der Waals surface area contributed by atoms with Crippen molar-refractivity contribution in [2.24, 2.45) is 0 Å². The van der Waals surface area contributed by atoms with E-state index in [2.05, 4.69) is 20.5 Å². The van der Waals surface area contributed by atoms with Crippen LogP contribution in [0.2, 0.25) is 0 Å². The van der Waals surface area contributed by atoms with Crippen molar-refractivity contribution in [1.29, 1.82) is 0 Å². The van der Waals surface area contributed by atoms with Crippen molar-refractivity contribution >= 4 is 16.9 Å². The van der Waals surface area contributed by atoms with Crippen molar-refractivity contribution < 1.29 is 9.90 Å². The number of hydrogen-bond acceptors (Lipinski definition) is 4. The van der Waals surface area contributed by atoms with E-state index in [-0.39, 0.29) is 11.7 Å². The van der Waals surface area contributed by atoms with Gasteiger partial charge < -0.3 is 10.4 Å². The molecule has 0 bridgehead atoms. The third kappa shape index (κ3) is 2.50. The van der Waals surface area contributed by atoms with Crippen molar-refractivity contribution in [3.8, 4) is 5.75 Å². The Balaban J connectivity index is 1.78. The standard InChI is InChI=1S/C16H16N4O2/c1-9-6-11(7-10(2)14(9)21)16(22)18-8-13-12-4-3-5-17-15(12)20-19-13/h3-7,21H,8H2,1-2H3,(H,18,22)(H,17,19,20). The lowest BCUT2D eigenvalue weighted by molar-refractivity contribution is 0.0950. The molecule has 0 aliphatic rings. The maximum atomic E-state index is 12.2. The third-order valence-electron chi connectivity index (χ3n) is 3.59. The largest absolute Gasteiger partial charge is 0.507 e. The van der Waals surface area contributed by atoms with Crippen LogP contribution in [0.1, 0.15) is 27.2 Å². The zero-order valence-corrected chi connectivity index (χ0v) is 12.3. The lowest BCUT2D eigenvalue weighted by atomic mass is 10.1. The first-order chi connectivity index (χ1) is 10.6. The van der Waals surface area contributed by atoms with Gasteiger partial charge in [0.15, 0.2) is 5.65 Å². The summed E-state index contributed by atoms with van der Waals surface area (Å²) in [6.45, 7) is 3.88. The molecule has 1 aromatic carbocycles. The number of benzene rings is 1. The third-order valence-corrected chi connectivity index (χ3v) is 3.59. The van der Waals surface area contributed by atoms with E-state index >= 15 is 0 Å². The molecule has 2 aromatic heterocycles. The number of aromatic amines is 1. The molecule has 3 rings (SSSR count). The van der Waals surface area contributed by atoms with Crippen LogP contribution in [0, 0.1) is 13.8 Å². The zero-order chi connectivity index (χ0) is 15.7. The van der Waals surface area contributed by atoms with Crippen molar-refractivity contribution in [3.05, 3.63) is 52.8 Å². The first kappa shape index (κ1) is 14.1. The number of phenolic OH excluding ortho intramolecular Hbond substituents is 1. The Morgan fingerprint density at radius 1 is 1.32 bits per heavy atom. The Labute approximate surface area is 127 Å². The monoisotopic (exact) mass is 296 g/mol. The minimum absolute atomic E-state index is 0.196.